The van der Waals surface area contributed by atoms with Gasteiger partial charge in [-0.1, -0.05) is 91.0 Å². The molecule has 0 atom stereocenters. The highest BCUT2D eigenvalue weighted by atomic mass is 19.1. The Morgan fingerprint density at radius 2 is 0.792 bits per heavy atom. The fourth-order valence-corrected chi connectivity index (χ4v) is 4.85. The molecule has 6 rings (SSSR count). The van der Waals surface area contributed by atoms with Crippen molar-refractivity contribution in [3.8, 4) is 17.2 Å². The van der Waals surface area contributed by atoms with Crippen molar-refractivity contribution < 1.29 is 52.1 Å². The first-order valence-corrected chi connectivity index (χ1v) is 16.3. The van der Waals surface area contributed by atoms with E-state index in [0.29, 0.717) is 17.8 Å². The Bertz CT molecular complexity index is 1920. The zero-order chi connectivity index (χ0) is 37.4. The molecular weight excluding hydrogens is 686 g/mol. The van der Waals surface area contributed by atoms with Crippen molar-refractivity contribution in [3.05, 3.63) is 180 Å². The van der Waals surface area contributed by atoms with Gasteiger partial charge in [-0.15, -0.1) is 0 Å². The minimum absolute atomic E-state index is 0.0575. The first-order valence-electron chi connectivity index (χ1n) is 16.3. The maximum Gasteiger partial charge on any atom is 0.524 e. The van der Waals surface area contributed by atoms with Gasteiger partial charge in [-0.2, -0.15) is 0 Å². The molecule has 6 aromatic carbocycles. The van der Waals surface area contributed by atoms with Crippen LogP contribution < -0.4 is 30.6 Å². The maximum atomic E-state index is 13.9. The number of hydrogen-bond donors (Lipinski definition) is 3. The van der Waals surface area contributed by atoms with E-state index in [1.807, 2.05) is 91.0 Å². The van der Waals surface area contributed by atoms with Gasteiger partial charge in [0.25, 0.3) is 0 Å². The zero-order valence-corrected chi connectivity index (χ0v) is 28.2. The van der Waals surface area contributed by atoms with Crippen molar-refractivity contribution in [2.45, 2.75) is 19.8 Å². The SMILES string of the molecule is OB(OOB(O)c1cc(F)ccc1OCc1ccccc1)c1cc(F)ccc1OCc1ccccc1.O[B]c1cc(F)ccc1OCc1ccccc1. The second-order valence-corrected chi connectivity index (χ2v) is 11.4. The van der Waals surface area contributed by atoms with Crippen LogP contribution in [-0.2, 0) is 29.4 Å². The summed E-state index contributed by atoms with van der Waals surface area (Å²) in [5.41, 5.74) is 2.96. The van der Waals surface area contributed by atoms with Gasteiger partial charge in [-0.05, 0) is 76.8 Å². The molecule has 14 heteroatoms. The summed E-state index contributed by atoms with van der Waals surface area (Å²) >= 11 is 0. The van der Waals surface area contributed by atoms with Crippen LogP contribution in [-0.4, -0.2) is 36.8 Å². The molecule has 0 heterocycles. The Morgan fingerprint density at radius 3 is 1.17 bits per heavy atom. The highest BCUT2D eigenvalue weighted by Gasteiger charge is 2.30. The first-order chi connectivity index (χ1) is 25.8. The minimum Gasteiger partial charge on any atom is -0.489 e. The smallest absolute Gasteiger partial charge is 0.489 e. The van der Waals surface area contributed by atoms with E-state index in [0.717, 1.165) is 36.3 Å². The number of hydrogen-bond acceptors (Lipinski definition) is 8. The molecular formula is C39H33B3F3O8. The summed E-state index contributed by atoms with van der Waals surface area (Å²) in [4.78, 5) is 9.86. The van der Waals surface area contributed by atoms with Gasteiger partial charge in [0.15, 0.2) is 0 Å². The fraction of sp³-hybridized carbons (Fsp3) is 0.0769. The summed E-state index contributed by atoms with van der Waals surface area (Å²) < 4.78 is 57.6. The van der Waals surface area contributed by atoms with Crippen LogP contribution in [0.4, 0.5) is 13.2 Å². The Labute approximate surface area is 306 Å². The van der Waals surface area contributed by atoms with Crippen LogP contribution in [0.5, 0.6) is 17.2 Å². The van der Waals surface area contributed by atoms with Gasteiger partial charge >= 0.3 is 21.7 Å². The third-order valence-corrected chi connectivity index (χ3v) is 7.54. The van der Waals surface area contributed by atoms with E-state index >= 15 is 0 Å². The summed E-state index contributed by atoms with van der Waals surface area (Å²) in [6.45, 7) is 0.718. The molecule has 0 aliphatic carbocycles. The van der Waals surface area contributed by atoms with E-state index in [2.05, 4.69) is 0 Å². The number of rotatable bonds is 15. The molecule has 0 aromatic heterocycles. The Morgan fingerprint density at radius 1 is 0.453 bits per heavy atom. The molecule has 0 aliphatic heterocycles. The highest BCUT2D eigenvalue weighted by Crippen LogP contribution is 2.16. The summed E-state index contributed by atoms with van der Waals surface area (Å²) in [5.74, 6) is -0.911. The lowest BCUT2D eigenvalue weighted by Gasteiger charge is -2.16. The largest absolute Gasteiger partial charge is 0.524 e. The molecule has 0 saturated heterocycles. The molecule has 0 unspecified atom stereocenters. The molecule has 8 nitrogen and oxygen atoms in total. The number of ether oxygens (including phenoxy) is 3. The molecule has 0 aliphatic rings. The van der Waals surface area contributed by atoms with Gasteiger partial charge in [0, 0.05) is 10.9 Å². The van der Waals surface area contributed by atoms with Crippen molar-refractivity contribution in [1.29, 1.82) is 0 Å². The Balaban J connectivity index is 0.000000265. The molecule has 1 radical (unpaired) electrons. The summed E-state index contributed by atoms with van der Waals surface area (Å²) in [6.07, 6.45) is 0. The molecule has 0 bridgehead atoms. The van der Waals surface area contributed by atoms with Crippen LogP contribution in [0.15, 0.2) is 146 Å². The fourth-order valence-electron chi connectivity index (χ4n) is 4.85. The predicted molar refractivity (Wildman–Crippen MR) is 197 cm³/mol. The minimum atomic E-state index is -1.82. The normalized spacial score (nSPS) is 10.5. The van der Waals surface area contributed by atoms with Crippen molar-refractivity contribution in [2.75, 3.05) is 0 Å². The average Bonchev–Trinajstić information content (AvgIpc) is 3.19. The second-order valence-electron chi connectivity index (χ2n) is 11.4. The molecule has 0 saturated carbocycles. The van der Waals surface area contributed by atoms with E-state index in [9.17, 15) is 23.2 Å². The molecule has 53 heavy (non-hydrogen) atoms. The third kappa shape index (κ3) is 12.0. The molecule has 0 amide bonds. The standard InChI is InChI=1S/C26H22B2F2O6.C13H11BFO2/c29-21-11-13-25(33-17-19-7-3-1-4-8-19)23(15-21)27(31)35-36-28(32)24-16-22(30)12-14-26(24)34-18-20-9-5-2-6-10-20;15-11-6-7-13(12(8-11)14-16)17-9-10-4-2-1-3-5-10/h1-16,31-32H,17-18H2;1-8,16H,9H2. The molecule has 6 aromatic rings. The van der Waals surface area contributed by atoms with Crippen LogP contribution in [0.25, 0.3) is 0 Å². The predicted octanol–water partition coefficient (Wildman–Crippen LogP) is 4.79. The molecule has 0 spiro atoms. The van der Waals surface area contributed by atoms with Gasteiger partial charge in [0.1, 0.15) is 54.5 Å². The monoisotopic (exact) mass is 719 g/mol. The van der Waals surface area contributed by atoms with Crippen molar-refractivity contribution in [2.24, 2.45) is 0 Å². The van der Waals surface area contributed by atoms with Gasteiger partial charge < -0.3 is 29.3 Å². The van der Waals surface area contributed by atoms with Crippen LogP contribution >= 0.6 is 0 Å². The van der Waals surface area contributed by atoms with Gasteiger partial charge in [-0.25, -0.2) is 13.2 Å². The highest BCUT2D eigenvalue weighted by molar-refractivity contribution is 6.63. The topological polar surface area (TPSA) is 107 Å². The zero-order valence-electron chi connectivity index (χ0n) is 28.2. The number of benzene rings is 6. The lowest BCUT2D eigenvalue weighted by atomic mass is 9.78. The van der Waals surface area contributed by atoms with Gasteiger partial charge in [0.05, 0.1) is 0 Å². The summed E-state index contributed by atoms with van der Waals surface area (Å²) in [6, 6.07) is 39.3. The van der Waals surface area contributed by atoms with Gasteiger partial charge in [0.2, 0.25) is 0 Å². The molecule has 0 fully saturated rings. The van der Waals surface area contributed by atoms with E-state index < -0.39 is 31.7 Å². The number of halogens is 3. The summed E-state index contributed by atoms with van der Waals surface area (Å²) in [7, 11) is -2.80. The lowest BCUT2D eigenvalue weighted by molar-refractivity contribution is -0.133. The van der Waals surface area contributed by atoms with E-state index in [-0.39, 0.29) is 35.6 Å². The van der Waals surface area contributed by atoms with Crippen molar-refractivity contribution in [1.82, 2.24) is 0 Å². The average molecular weight is 719 g/mol. The van der Waals surface area contributed by atoms with E-state index in [1.54, 1.807) is 0 Å². The molecule has 3 N–H and O–H groups in total. The molecule has 267 valence electrons. The van der Waals surface area contributed by atoms with E-state index in [1.165, 1.54) is 42.5 Å². The van der Waals surface area contributed by atoms with Crippen molar-refractivity contribution in [3.63, 3.8) is 0 Å². The van der Waals surface area contributed by atoms with Crippen LogP contribution in [0.1, 0.15) is 16.7 Å². The maximum absolute atomic E-state index is 13.9. The second kappa shape index (κ2) is 19.9. The Kier molecular flexibility index (Phi) is 14.6. The third-order valence-electron chi connectivity index (χ3n) is 7.54. The van der Waals surface area contributed by atoms with Gasteiger partial charge in [-0.3, -0.25) is 9.61 Å². The Hall–Kier alpha value is -5.50. The quantitative estimate of drug-likeness (QED) is 0.0792. The van der Waals surface area contributed by atoms with Crippen LogP contribution in [0.3, 0.4) is 0 Å². The summed E-state index contributed by atoms with van der Waals surface area (Å²) in [5, 5.41) is 29.9. The van der Waals surface area contributed by atoms with Crippen molar-refractivity contribution >= 4 is 38.1 Å². The van der Waals surface area contributed by atoms with E-state index in [4.69, 9.17) is 28.8 Å². The van der Waals surface area contributed by atoms with Crippen LogP contribution in [0, 0.1) is 17.5 Å². The lowest BCUT2D eigenvalue weighted by Crippen LogP contribution is -2.41. The van der Waals surface area contributed by atoms with Crippen LogP contribution in [0.2, 0.25) is 0 Å². The first kappa shape index (κ1) is 38.7.